The van der Waals surface area contributed by atoms with Crippen LogP contribution < -0.4 is 0 Å². The average Bonchev–Trinajstić information content (AvgIpc) is 2.37. The molecule has 0 spiro atoms. The van der Waals surface area contributed by atoms with E-state index >= 15 is 0 Å². The summed E-state index contributed by atoms with van der Waals surface area (Å²) in [5.74, 6) is 0.148. The molecule has 1 N–H and O–H groups in total. The van der Waals surface area contributed by atoms with Gasteiger partial charge in [0.15, 0.2) is 0 Å². The lowest BCUT2D eigenvalue weighted by Gasteiger charge is -2.39. The average molecular weight is 248 g/mol. The smallest absolute Gasteiger partial charge is 0.254 e. The van der Waals surface area contributed by atoms with E-state index in [1.807, 2.05) is 4.90 Å². The Morgan fingerprint density at radius 1 is 1.44 bits per heavy atom. The van der Waals surface area contributed by atoms with Crippen LogP contribution in [0.15, 0.2) is 24.3 Å². The number of hydrogen-bond acceptors (Lipinski definition) is 3. The van der Waals surface area contributed by atoms with Crippen molar-refractivity contribution in [2.45, 2.75) is 19.9 Å². The first-order chi connectivity index (χ1) is 8.61. The summed E-state index contributed by atoms with van der Waals surface area (Å²) in [5.41, 5.74) is 0.562. The highest BCUT2D eigenvalue weighted by Gasteiger charge is 2.26. The van der Waals surface area contributed by atoms with Crippen molar-refractivity contribution in [3.63, 3.8) is 0 Å². The molecular formula is C14H20N2O2. The summed E-state index contributed by atoms with van der Waals surface area (Å²) in [7, 11) is 0. The lowest BCUT2D eigenvalue weighted by molar-refractivity contribution is 0.0528. The van der Waals surface area contributed by atoms with E-state index in [4.69, 9.17) is 0 Å². The quantitative estimate of drug-likeness (QED) is 0.863. The number of carbonyl (C=O) groups is 1. The van der Waals surface area contributed by atoms with E-state index in [9.17, 15) is 9.90 Å². The molecule has 0 radical (unpaired) electrons. The number of carbonyl (C=O) groups excluding carboxylic acids is 1. The maximum absolute atomic E-state index is 12.3. The molecule has 1 saturated heterocycles. The molecule has 1 fully saturated rings. The molecule has 1 heterocycles. The van der Waals surface area contributed by atoms with Gasteiger partial charge in [0.25, 0.3) is 5.91 Å². The normalized spacial score (nSPS) is 21.0. The number of nitrogens with zero attached hydrogens (tertiary/aromatic N) is 2. The number of phenolic OH excluding ortho intramolecular Hbond substituents is 1. The minimum Gasteiger partial charge on any atom is -0.508 e. The summed E-state index contributed by atoms with van der Waals surface area (Å²) < 4.78 is 0. The summed E-state index contributed by atoms with van der Waals surface area (Å²) in [6.45, 7) is 7.74. The number of piperazine rings is 1. The zero-order valence-electron chi connectivity index (χ0n) is 11.0. The lowest BCUT2D eigenvalue weighted by atomic mass is 10.1. The van der Waals surface area contributed by atoms with Crippen molar-refractivity contribution < 1.29 is 9.90 Å². The zero-order valence-corrected chi connectivity index (χ0v) is 11.0. The van der Waals surface area contributed by atoms with Gasteiger partial charge in [0.1, 0.15) is 5.75 Å². The first-order valence-electron chi connectivity index (χ1n) is 6.44. The molecule has 0 aliphatic carbocycles. The fourth-order valence-electron chi connectivity index (χ4n) is 2.47. The lowest BCUT2D eigenvalue weighted by Crippen LogP contribution is -2.53. The van der Waals surface area contributed by atoms with Crippen molar-refractivity contribution in [3.05, 3.63) is 29.8 Å². The van der Waals surface area contributed by atoms with Crippen LogP contribution in [0.4, 0.5) is 0 Å². The number of phenols is 1. The van der Waals surface area contributed by atoms with Crippen LogP contribution in [0.2, 0.25) is 0 Å². The number of aromatic hydroxyl groups is 1. The second-order valence-corrected chi connectivity index (χ2v) is 4.78. The van der Waals surface area contributed by atoms with Gasteiger partial charge < -0.3 is 10.0 Å². The fraction of sp³-hybridized carbons (Fsp3) is 0.500. The Kier molecular flexibility index (Phi) is 3.87. The van der Waals surface area contributed by atoms with Crippen molar-refractivity contribution in [1.29, 1.82) is 0 Å². The summed E-state index contributed by atoms with van der Waals surface area (Å²) >= 11 is 0. The largest absolute Gasteiger partial charge is 0.508 e. The molecule has 18 heavy (non-hydrogen) atoms. The molecular weight excluding hydrogens is 228 g/mol. The second-order valence-electron chi connectivity index (χ2n) is 4.78. The molecule has 1 aliphatic heterocycles. The highest BCUT2D eigenvalue weighted by molar-refractivity contribution is 5.94. The van der Waals surface area contributed by atoms with Crippen molar-refractivity contribution in [3.8, 4) is 5.75 Å². The van der Waals surface area contributed by atoms with E-state index < -0.39 is 0 Å². The molecule has 0 bridgehead atoms. The van der Waals surface area contributed by atoms with E-state index in [0.717, 1.165) is 26.2 Å². The van der Waals surface area contributed by atoms with E-state index in [2.05, 4.69) is 18.7 Å². The van der Waals surface area contributed by atoms with Crippen LogP contribution in [0.5, 0.6) is 5.75 Å². The van der Waals surface area contributed by atoms with E-state index in [0.29, 0.717) is 11.6 Å². The highest BCUT2D eigenvalue weighted by atomic mass is 16.3. The van der Waals surface area contributed by atoms with Crippen LogP contribution in [-0.2, 0) is 0 Å². The molecule has 0 saturated carbocycles. The van der Waals surface area contributed by atoms with Gasteiger partial charge in [0, 0.05) is 31.2 Å². The van der Waals surface area contributed by atoms with Crippen molar-refractivity contribution in [1.82, 2.24) is 9.80 Å². The van der Waals surface area contributed by atoms with Crippen LogP contribution in [-0.4, -0.2) is 53.0 Å². The van der Waals surface area contributed by atoms with Crippen molar-refractivity contribution in [2.75, 3.05) is 26.2 Å². The summed E-state index contributed by atoms with van der Waals surface area (Å²) in [4.78, 5) is 16.5. The topological polar surface area (TPSA) is 43.8 Å². The monoisotopic (exact) mass is 248 g/mol. The van der Waals surface area contributed by atoms with Gasteiger partial charge in [-0.15, -0.1) is 0 Å². The highest BCUT2D eigenvalue weighted by Crippen LogP contribution is 2.16. The molecule has 4 heteroatoms. The summed E-state index contributed by atoms with van der Waals surface area (Å²) in [6.07, 6.45) is 0. The molecule has 2 rings (SSSR count). The SMILES string of the molecule is CCN1CCN(C(=O)c2cccc(O)c2)CC1C. The minimum absolute atomic E-state index is 0.00787. The van der Waals surface area contributed by atoms with Crippen molar-refractivity contribution in [2.24, 2.45) is 0 Å². The van der Waals surface area contributed by atoms with Crippen LogP contribution in [0, 0.1) is 0 Å². The zero-order chi connectivity index (χ0) is 13.1. The van der Waals surface area contributed by atoms with Gasteiger partial charge in [-0.3, -0.25) is 9.69 Å². The van der Waals surface area contributed by atoms with Gasteiger partial charge in [-0.25, -0.2) is 0 Å². The summed E-state index contributed by atoms with van der Waals surface area (Å²) in [5, 5.41) is 9.41. The van der Waals surface area contributed by atoms with Gasteiger partial charge >= 0.3 is 0 Å². The number of rotatable bonds is 2. The first kappa shape index (κ1) is 12.9. The van der Waals surface area contributed by atoms with E-state index in [1.165, 1.54) is 6.07 Å². The van der Waals surface area contributed by atoms with Gasteiger partial charge in [0.2, 0.25) is 0 Å². The van der Waals surface area contributed by atoms with Crippen LogP contribution in [0.1, 0.15) is 24.2 Å². The number of benzene rings is 1. The maximum atomic E-state index is 12.3. The molecule has 1 aromatic carbocycles. The fourth-order valence-corrected chi connectivity index (χ4v) is 2.47. The molecule has 1 unspecified atom stereocenters. The Bertz CT molecular complexity index is 434. The van der Waals surface area contributed by atoms with Crippen LogP contribution in [0.3, 0.4) is 0 Å². The molecule has 1 amide bonds. The maximum Gasteiger partial charge on any atom is 0.254 e. The Morgan fingerprint density at radius 2 is 2.22 bits per heavy atom. The third-order valence-corrected chi connectivity index (χ3v) is 3.55. The Balaban J connectivity index is 2.07. The molecule has 4 nitrogen and oxygen atoms in total. The van der Waals surface area contributed by atoms with Gasteiger partial charge in [0.05, 0.1) is 0 Å². The first-order valence-corrected chi connectivity index (χ1v) is 6.44. The molecule has 1 aromatic rings. The van der Waals surface area contributed by atoms with E-state index in [1.54, 1.807) is 18.2 Å². The summed E-state index contributed by atoms with van der Waals surface area (Å²) in [6, 6.07) is 6.95. The molecule has 1 aliphatic rings. The molecule has 0 aromatic heterocycles. The Morgan fingerprint density at radius 3 is 2.83 bits per heavy atom. The second kappa shape index (κ2) is 5.40. The Labute approximate surface area is 108 Å². The molecule has 98 valence electrons. The third-order valence-electron chi connectivity index (χ3n) is 3.55. The Hall–Kier alpha value is -1.55. The van der Waals surface area contributed by atoms with E-state index in [-0.39, 0.29) is 11.7 Å². The van der Waals surface area contributed by atoms with Crippen LogP contribution in [0.25, 0.3) is 0 Å². The number of likely N-dealkylation sites (N-methyl/N-ethyl adjacent to an activating group) is 1. The van der Waals surface area contributed by atoms with Gasteiger partial charge in [-0.1, -0.05) is 13.0 Å². The van der Waals surface area contributed by atoms with Crippen molar-refractivity contribution >= 4 is 5.91 Å². The number of amides is 1. The standard InChI is InChI=1S/C14H20N2O2/c1-3-15-7-8-16(10-11(15)2)14(18)12-5-4-6-13(17)9-12/h4-6,9,11,17H,3,7-8,10H2,1-2H3. The number of hydrogen-bond donors (Lipinski definition) is 1. The minimum atomic E-state index is 0.00787. The van der Waals surface area contributed by atoms with Crippen LogP contribution >= 0.6 is 0 Å². The molecule has 1 atom stereocenters. The predicted octanol–water partition coefficient (Wildman–Crippen LogP) is 1.56. The predicted molar refractivity (Wildman–Crippen MR) is 70.7 cm³/mol. The van der Waals surface area contributed by atoms with Gasteiger partial charge in [-0.2, -0.15) is 0 Å². The third kappa shape index (κ3) is 2.64. The van der Waals surface area contributed by atoms with Gasteiger partial charge in [-0.05, 0) is 31.7 Å².